The normalized spacial score (nSPS) is 14.4. The molecule has 1 nitrogen and oxygen atoms in total. The van der Waals surface area contributed by atoms with E-state index in [0.717, 1.165) is 55.0 Å². The van der Waals surface area contributed by atoms with Crippen molar-refractivity contribution < 1.29 is 16.8 Å². The highest BCUT2D eigenvalue weighted by molar-refractivity contribution is 6.25. The SMILES string of the molecule is [2H]c1c([2H])c([2H])c(-c2c([2H])c([2H])c(-c3c4ccccc4c(-c4cccc5oc6cc(-c7ccccc7)ccc6c45)c4ccccc34)c([2H])c2[2H])c([2H])c1[2H]. The van der Waals surface area contributed by atoms with E-state index in [2.05, 4.69) is 36.4 Å². The largest absolute Gasteiger partial charge is 0.456 e. The van der Waals surface area contributed by atoms with Crippen LogP contribution in [-0.2, 0) is 0 Å². The number of fused-ring (bicyclic) bond motifs is 5. The molecule has 0 saturated heterocycles. The second-order valence-corrected chi connectivity index (χ2v) is 10.9. The Labute approximate surface area is 274 Å². The van der Waals surface area contributed by atoms with Gasteiger partial charge >= 0.3 is 0 Å². The van der Waals surface area contributed by atoms with Crippen LogP contribution in [0.3, 0.4) is 0 Å². The van der Waals surface area contributed by atoms with E-state index >= 15 is 0 Å². The molecule has 0 aliphatic rings. The lowest BCUT2D eigenvalue weighted by molar-refractivity contribution is 0.669. The first-order valence-electron chi connectivity index (χ1n) is 19.2. The molecule has 0 spiro atoms. The maximum atomic E-state index is 9.32. The van der Waals surface area contributed by atoms with Crippen LogP contribution in [0.25, 0.3) is 88.0 Å². The molecule has 0 N–H and O–H groups in total. The van der Waals surface area contributed by atoms with Crippen LogP contribution in [0.4, 0.5) is 0 Å². The Morgan fingerprint density at radius 1 is 0.378 bits per heavy atom. The van der Waals surface area contributed by atoms with Crippen LogP contribution in [0.1, 0.15) is 12.3 Å². The zero-order valence-corrected chi connectivity index (χ0v) is 23.9. The fourth-order valence-electron chi connectivity index (χ4n) is 6.47. The summed E-state index contributed by atoms with van der Waals surface area (Å²) in [7, 11) is 0. The Morgan fingerprint density at radius 2 is 0.978 bits per heavy atom. The quantitative estimate of drug-likeness (QED) is 0.188. The van der Waals surface area contributed by atoms with Gasteiger partial charge in [-0.15, -0.1) is 0 Å². The van der Waals surface area contributed by atoms with Gasteiger partial charge in [0.1, 0.15) is 11.2 Å². The van der Waals surface area contributed by atoms with Crippen LogP contribution in [0.15, 0.2) is 174 Å². The zero-order valence-electron chi connectivity index (χ0n) is 32.9. The van der Waals surface area contributed by atoms with Crippen molar-refractivity contribution in [2.45, 2.75) is 0 Å². The predicted molar refractivity (Wildman–Crippen MR) is 190 cm³/mol. The fraction of sp³-hybridized carbons (Fsp3) is 0. The first kappa shape index (κ1) is 18.0. The zero-order chi connectivity index (χ0) is 37.6. The average molecular weight is 582 g/mol. The third-order valence-corrected chi connectivity index (χ3v) is 8.43. The minimum atomic E-state index is -0.614. The summed E-state index contributed by atoms with van der Waals surface area (Å²) in [5.41, 5.74) is 5.33. The first-order chi connectivity index (χ1) is 26.1. The van der Waals surface area contributed by atoms with Crippen LogP contribution in [-0.4, -0.2) is 0 Å². The summed E-state index contributed by atoms with van der Waals surface area (Å²) in [6.07, 6.45) is 0. The molecule has 0 aliphatic heterocycles. The van der Waals surface area contributed by atoms with Crippen LogP contribution in [0.5, 0.6) is 0 Å². The van der Waals surface area contributed by atoms with E-state index in [9.17, 15) is 2.74 Å². The molecule has 0 bridgehead atoms. The summed E-state index contributed by atoms with van der Waals surface area (Å²) in [6.45, 7) is 0. The predicted octanol–water partition coefficient (Wildman–Crippen LogP) is 12.6. The van der Waals surface area contributed by atoms with E-state index in [0.29, 0.717) is 16.3 Å². The topological polar surface area (TPSA) is 13.1 Å². The van der Waals surface area contributed by atoms with Crippen molar-refractivity contribution in [3.63, 3.8) is 0 Å². The molecule has 0 saturated carbocycles. The van der Waals surface area contributed by atoms with Gasteiger partial charge in [0.05, 0.1) is 12.3 Å². The summed E-state index contributed by atoms with van der Waals surface area (Å²) < 4.78 is 84.8. The van der Waals surface area contributed by atoms with E-state index in [4.69, 9.17) is 14.0 Å². The van der Waals surface area contributed by atoms with Gasteiger partial charge in [0, 0.05) is 10.8 Å². The van der Waals surface area contributed by atoms with Gasteiger partial charge in [-0.3, -0.25) is 0 Å². The second kappa shape index (κ2) is 10.4. The summed E-state index contributed by atoms with van der Waals surface area (Å²) >= 11 is 0. The Hall–Kier alpha value is -5.92. The number of furan rings is 1. The van der Waals surface area contributed by atoms with Gasteiger partial charge in [-0.05, 0) is 84.3 Å². The van der Waals surface area contributed by atoms with Gasteiger partial charge in [-0.1, -0.05) is 151 Å². The summed E-state index contributed by atoms with van der Waals surface area (Å²) in [4.78, 5) is 0. The van der Waals surface area contributed by atoms with Crippen LogP contribution >= 0.6 is 0 Å². The highest BCUT2D eigenvalue weighted by Gasteiger charge is 2.20. The minimum Gasteiger partial charge on any atom is -0.456 e. The average Bonchev–Trinajstić information content (AvgIpc) is 3.58. The third kappa shape index (κ3) is 4.17. The van der Waals surface area contributed by atoms with Crippen molar-refractivity contribution in [1.29, 1.82) is 0 Å². The lowest BCUT2D eigenvalue weighted by Crippen LogP contribution is -1.91. The Balaban J connectivity index is 1.34. The second-order valence-electron chi connectivity index (χ2n) is 10.9. The molecule has 45 heavy (non-hydrogen) atoms. The molecule has 1 heteroatoms. The van der Waals surface area contributed by atoms with Crippen molar-refractivity contribution in [3.05, 3.63) is 170 Å². The van der Waals surface area contributed by atoms with Crippen LogP contribution < -0.4 is 0 Å². The standard InChI is InChI=1S/C44H28O/c1-3-12-29(13-4-1)31-22-24-32(25-23-31)42-34-16-7-9-18-36(34)43(37-19-10-8-17-35(37)42)39-20-11-21-40-44(39)38-27-26-33(28-41(38)45-40)30-14-5-2-6-15-30/h1-28H/i1D,3D,4D,12D,13D,22D,23D,24D,25D. The van der Waals surface area contributed by atoms with E-state index < -0.39 is 42.3 Å². The first-order valence-corrected chi connectivity index (χ1v) is 14.7. The molecule has 8 aromatic carbocycles. The molecule has 1 heterocycles. The van der Waals surface area contributed by atoms with Crippen LogP contribution in [0, 0.1) is 0 Å². The van der Waals surface area contributed by atoms with Crippen molar-refractivity contribution in [2.24, 2.45) is 0 Å². The Kier molecular flexibility index (Phi) is 4.15. The van der Waals surface area contributed by atoms with Crippen molar-refractivity contribution in [2.75, 3.05) is 0 Å². The van der Waals surface area contributed by atoms with Gasteiger partial charge in [-0.25, -0.2) is 0 Å². The van der Waals surface area contributed by atoms with E-state index in [1.165, 1.54) is 0 Å². The molecule has 0 aliphatic carbocycles. The molecule has 9 aromatic rings. The summed E-state index contributed by atoms with van der Waals surface area (Å²) in [5.74, 6) is 0. The number of rotatable bonds is 4. The molecule has 1 aromatic heterocycles. The van der Waals surface area contributed by atoms with Gasteiger partial charge < -0.3 is 4.42 Å². The molecule has 0 atom stereocenters. The Morgan fingerprint density at radius 3 is 1.67 bits per heavy atom. The Bertz CT molecular complexity index is 2930. The summed E-state index contributed by atoms with van der Waals surface area (Å²) in [6, 6.07) is 33.1. The molecular formula is C44H28O. The fourth-order valence-corrected chi connectivity index (χ4v) is 6.47. The maximum Gasteiger partial charge on any atom is 0.136 e. The van der Waals surface area contributed by atoms with E-state index in [1.807, 2.05) is 78.9 Å². The number of benzene rings is 8. The lowest BCUT2D eigenvalue weighted by atomic mass is 9.84. The molecule has 0 radical (unpaired) electrons. The van der Waals surface area contributed by atoms with Crippen molar-refractivity contribution in [3.8, 4) is 44.5 Å². The van der Waals surface area contributed by atoms with Crippen LogP contribution in [0.2, 0.25) is 0 Å². The van der Waals surface area contributed by atoms with Gasteiger partial charge in [0.2, 0.25) is 0 Å². The molecule has 9 rings (SSSR count). The molecule has 0 amide bonds. The molecular weight excluding hydrogens is 544 g/mol. The number of hydrogen-bond acceptors (Lipinski definition) is 1. The minimum absolute atomic E-state index is 0.0560. The van der Waals surface area contributed by atoms with E-state index in [1.54, 1.807) is 0 Å². The third-order valence-electron chi connectivity index (χ3n) is 8.43. The molecule has 0 unspecified atom stereocenters. The van der Waals surface area contributed by atoms with Gasteiger partial charge in [0.15, 0.2) is 0 Å². The van der Waals surface area contributed by atoms with Crippen molar-refractivity contribution >= 4 is 43.5 Å². The summed E-state index contributed by atoms with van der Waals surface area (Å²) in [5, 5.41) is 4.99. The highest BCUT2D eigenvalue weighted by atomic mass is 16.3. The van der Waals surface area contributed by atoms with Gasteiger partial charge in [-0.2, -0.15) is 0 Å². The smallest absolute Gasteiger partial charge is 0.136 e. The number of hydrogen-bond donors (Lipinski definition) is 0. The monoisotopic (exact) mass is 581 g/mol. The molecule has 210 valence electrons. The highest BCUT2D eigenvalue weighted by Crippen LogP contribution is 2.47. The lowest BCUT2D eigenvalue weighted by Gasteiger charge is -2.18. The van der Waals surface area contributed by atoms with Crippen molar-refractivity contribution in [1.82, 2.24) is 0 Å². The van der Waals surface area contributed by atoms with E-state index in [-0.39, 0.29) is 28.8 Å². The molecule has 0 fully saturated rings. The van der Waals surface area contributed by atoms with Gasteiger partial charge in [0.25, 0.3) is 0 Å². The maximum absolute atomic E-state index is 9.32.